The van der Waals surface area contributed by atoms with E-state index in [1.165, 1.54) is 16.7 Å². The molecule has 0 bridgehead atoms. The summed E-state index contributed by atoms with van der Waals surface area (Å²) in [7, 11) is 1.72. The Kier molecular flexibility index (Phi) is 4.48. The van der Waals surface area contributed by atoms with Crippen LogP contribution in [-0.4, -0.2) is 30.5 Å². The number of amides is 1. The molecule has 1 unspecified atom stereocenters. The highest BCUT2D eigenvalue weighted by molar-refractivity contribution is 5.78. The van der Waals surface area contributed by atoms with Crippen LogP contribution in [0.4, 0.5) is 0 Å². The Bertz CT molecular complexity index is 756. The molecule has 0 N–H and O–H groups in total. The van der Waals surface area contributed by atoms with Crippen molar-refractivity contribution in [3.05, 3.63) is 65.2 Å². The maximum absolute atomic E-state index is 12.4. The zero-order valence-electron chi connectivity index (χ0n) is 14.8. The lowest BCUT2D eigenvalue weighted by molar-refractivity contribution is -0.130. The molecular weight excluding hydrogens is 310 g/mol. The molecule has 1 heterocycles. The second kappa shape index (κ2) is 6.91. The Hall–Kier alpha value is -2.29. The molecule has 1 saturated heterocycles. The summed E-state index contributed by atoms with van der Waals surface area (Å²) < 4.78 is 5.48. The Morgan fingerprint density at radius 2 is 1.96 bits per heavy atom. The maximum atomic E-state index is 12.4. The van der Waals surface area contributed by atoms with Crippen LogP contribution in [0.1, 0.15) is 41.9 Å². The number of benzene rings is 2. The summed E-state index contributed by atoms with van der Waals surface area (Å²) >= 11 is 0. The summed E-state index contributed by atoms with van der Waals surface area (Å²) in [6, 6.07) is 17.4. The molecule has 1 fully saturated rings. The minimum atomic E-state index is 0.301. The Labute approximate surface area is 149 Å². The Morgan fingerprint density at radius 3 is 2.68 bits per heavy atom. The number of carbonyl (C=O) groups is 1. The Balaban J connectivity index is 1.72. The molecule has 1 aliphatic carbocycles. The average molecular weight is 335 g/mol. The summed E-state index contributed by atoms with van der Waals surface area (Å²) in [5, 5.41) is 0. The Morgan fingerprint density at radius 1 is 1.12 bits per heavy atom. The van der Waals surface area contributed by atoms with Crippen molar-refractivity contribution in [2.24, 2.45) is 0 Å². The van der Waals surface area contributed by atoms with E-state index in [9.17, 15) is 4.79 Å². The van der Waals surface area contributed by atoms with Gasteiger partial charge in [-0.25, -0.2) is 0 Å². The number of carbonyl (C=O) groups excluding carboxylic acids is 1. The first-order chi connectivity index (χ1) is 12.3. The van der Waals surface area contributed by atoms with Crippen LogP contribution in [0.15, 0.2) is 48.5 Å². The van der Waals surface area contributed by atoms with Crippen LogP contribution in [-0.2, 0) is 17.6 Å². The van der Waals surface area contributed by atoms with Gasteiger partial charge in [0, 0.05) is 24.9 Å². The molecule has 0 saturated carbocycles. The van der Waals surface area contributed by atoms with Crippen LogP contribution < -0.4 is 4.74 Å². The molecule has 1 aliphatic heterocycles. The number of aryl methyl sites for hydroxylation is 1. The number of hydrogen-bond acceptors (Lipinski definition) is 2. The SMILES string of the molecule is COc1ccc2c(c1)[C@@H](Cc1ccccc1)C(N1CCCC1=O)CC2. The smallest absolute Gasteiger partial charge is 0.222 e. The fourth-order valence-corrected chi connectivity index (χ4v) is 4.49. The highest BCUT2D eigenvalue weighted by Crippen LogP contribution is 2.40. The van der Waals surface area contributed by atoms with Crippen LogP contribution in [0.2, 0.25) is 0 Å². The van der Waals surface area contributed by atoms with Gasteiger partial charge in [0.1, 0.15) is 5.75 Å². The lowest BCUT2D eigenvalue weighted by Gasteiger charge is -2.39. The monoisotopic (exact) mass is 335 g/mol. The standard InChI is InChI=1S/C22H25NO2/c1-25-18-11-9-17-10-12-21(23-13-5-8-22(23)24)20(19(17)15-18)14-16-6-3-2-4-7-16/h2-4,6-7,9,11,15,20-21H,5,8,10,12-14H2,1H3/t20-,21?/m1/s1. The van der Waals surface area contributed by atoms with Gasteiger partial charge < -0.3 is 9.64 Å². The minimum Gasteiger partial charge on any atom is -0.497 e. The molecule has 3 nitrogen and oxygen atoms in total. The van der Waals surface area contributed by atoms with Crippen molar-refractivity contribution in [3.63, 3.8) is 0 Å². The second-order valence-corrected chi connectivity index (χ2v) is 7.16. The van der Waals surface area contributed by atoms with Crippen molar-refractivity contribution >= 4 is 5.91 Å². The van der Waals surface area contributed by atoms with E-state index in [1.54, 1.807) is 7.11 Å². The van der Waals surface area contributed by atoms with Gasteiger partial charge in [-0.15, -0.1) is 0 Å². The first-order valence-electron chi connectivity index (χ1n) is 9.26. The van der Waals surface area contributed by atoms with E-state index in [2.05, 4.69) is 53.4 Å². The molecule has 1 amide bonds. The van der Waals surface area contributed by atoms with Crippen LogP contribution in [0.25, 0.3) is 0 Å². The third-order valence-electron chi connectivity index (χ3n) is 5.74. The molecule has 25 heavy (non-hydrogen) atoms. The van der Waals surface area contributed by atoms with E-state index in [4.69, 9.17) is 4.74 Å². The summed E-state index contributed by atoms with van der Waals surface area (Å²) in [6.45, 7) is 0.911. The summed E-state index contributed by atoms with van der Waals surface area (Å²) in [5.41, 5.74) is 4.10. The maximum Gasteiger partial charge on any atom is 0.222 e. The molecule has 0 spiro atoms. The van der Waals surface area contributed by atoms with E-state index in [-0.39, 0.29) is 0 Å². The predicted molar refractivity (Wildman–Crippen MR) is 98.9 cm³/mol. The van der Waals surface area contributed by atoms with Crippen molar-refractivity contribution in [1.82, 2.24) is 4.90 Å². The normalized spacial score (nSPS) is 22.8. The number of ether oxygens (including phenoxy) is 1. The minimum absolute atomic E-state index is 0.301. The molecule has 3 heteroatoms. The number of rotatable bonds is 4. The molecule has 0 radical (unpaired) electrons. The number of hydrogen-bond donors (Lipinski definition) is 0. The number of methoxy groups -OCH3 is 1. The molecular formula is C22H25NO2. The highest BCUT2D eigenvalue weighted by Gasteiger charge is 2.37. The highest BCUT2D eigenvalue weighted by atomic mass is 16.5. The third kappa shape index (κ3) is 3.15. The second-order valence-electron chi connectivity index (χ2n) is 7.16. The van der Waals surface area contributed by atoms with Crippen LogP contribution in [0, 0.1) is 0 Å². The molecule has 0 aromatic heterocycles. The van der Waals surface area contributed by atoms with E-state index in [1.807, 2.05) is 0 Å². The first-order valence-corrected chi connectivity index (χ1v) is 9.26. The number of fused-ring (bicyclic) bond motifs is 1. The largest absolute Gasteiger partial charge is 0.497 e. The van der Waals surface area contributed by atoms with Crippen LogP contribution in [0.5, 0.6) is 5.75 Å². The fraction of sp³-hybridized carbons (Fsp3) is 0.409. The van der Waals surface area contributed by atoms with Gasteiger partial charge >= 0.3 is 0 Å². The first kappa shape index (κ1) is 16.2. The third-order valence-corrected chi connectivity index (χ3v) is 5.74. The zero-order chi connectivity index (χ0) is 17.2. The van der Waals surface area contributed by atoms with Gasteiger partial charge in [0.25, 0.3) is 0 Å². The summed E-state index contributed by atoms with van der Waals surface area (Å²) in [6.07, 6.45) is 4.77. The van der Waals surface area contributed by atoms with Gasteiger partial charge in [-0.2, -0.15) is 0 Å². The van der Waals surface area contributed by atoms with E-state index < -0.39 is 0 Å². The van der Waals surface area contributed by atoms with Gasteiger partial charge in [0.2, 0.25) is 5.91 Å². The molecule has 130 valence electrons. The predicted octanol–water partition coefficient (Wildman–Crippen LogP) is 3.96. The fourth-order valence-electron chi connectivity index (χ4n) is 4.49. The van der Waals surface area contributed by atoms with Gasteiger partial charge in [-0.3, -0.25) is 4.79 Å². The summed E-state index contributed by atoms with van der Waals surface area (Å²) in [4.78, 5) is 14.6. The quantitative estimate of drug-likeness (QED) is 0.846. The lowest BCUT2D eigenvalue weighted by atomic mass is 9.75. The molecule has 2 atom stereocenters. The van der Waals surface area contributed by atoms with Gasteiger partial charge in [-0.1, -0.05) is 36.4 Å². The van der Waals surface area contributed by atoms with Crippen LogP contribution >= 0.6 is 0 Å². The molecule has 2 aromatic rings. The van der Waals surface area contributed by atoms with Gasteiger partial charge in [-0.05, 0) is 54.5 Å². The van der Waals surface area contributed by atoms with Crippen molar-refractivity contribution in [2.45, 2.75) is 44.1 Å². The lowest BCUT2D eigenvalue weighted by Crippen LogP contribution is -2.43. The average Bonchev–Trinajstić information content (AvgIpc) is 3.08. The van der Waals surface area contributed by atoms with Crippen molar-refractivity contribution in [2.75, 3.05) is 13.7 Å². The molecule has 4 rings (SSSR count). The van der Waals surface area contributed by atoms with Crippen molar-refractivity contribution in [1.29, 1.82) is 0 Å². The van der Waals surface area contributed by atoms with Crippen LogP contribution in [0.3, 0.4) is 0 Å². The number of likely N-dealkylation sites (tertiary alicyclic amines) is 1. The van der Waals surface area contributed by atoms with E-state index in [0.29, 0.717) is 24.3 Å². The summed E-state index contributed by atoms with van der Waals surface area (Å²) in [5.74, 6) is 1.57. The van der Waals surface area contributed by atoms with Gasteiger partial charge in [0.15, 0.2) is 0 Å². The van der Waals surface area contributed by atoms with Gasteiger partial charge in [0.05, 0.1) is 7.11 Å². The van der Waals surface area contributed by atoms with Crippen molar-refractivity contribution in [3.8, 4) is 5.75 Å². The molecule has 2 aliphatic rings. The molecule has 2 aromatic carbocycles. The van der Waals surface area contributed by atoms with E-state index in [0.717, 1.165) is 38.0 Å². The van der Waals surface area contributed by atoms with Crippen molar-refractivity contribution < 1.29 is 9.53 Å². The van der Waals surface area contributed by atoms with E-state index >= 15 is 0 Å². The zero-order valence-corrected chi connectivity index (χ0v) is 14.8. The topological polar surface area (TPSA) is 29.5 Å². The number of nitrogens with zero attached hydrogens (tertiary/aromatic N) is 1.